The summed E-state index contributed by atoms with van der Waals surface area (Å²) in [4.78, 5) is 4.20. The molecule has 0 spiro atoms. The highest BCUT2D eigenvalue weighted by atomic mass is 16.5. The van der Waals surface area contributed by atoms with E-state index < -0.39 is 0 Å². The lowest BCUT2D eigenvalue weighted by molar-refractivity contribution is 0.211. The van der Waals surface area contributed by atoms with Gasteiger partial charge >= 0.3 is 0 Å². The Hall–Kier alpha value is -2.29. The second-order valence-corrected chi connectivity index (χ2v) is 3.82. The molecule has 0 radical (unpaired) electrons. The smallest absolute Gasteiger partial charge is 0.136 e. The van der Waals surface area contributed by atoms with Crippen LogP contribution >= 0.6 is 0 Å². The number of aromatic nitrogens is 2. The fraction of sp³-hybridized carbons (Fsp3) is 0.133. The second kappa shape index (κ2) is 5.87. The second-order valence-electron chi connectivity index (χ2n) is 3.82. The Morgan fingerprint density at radius 3 is 3.17 bits per heavy atom. The Balaban J connectivity index is 2.08. The highest BCUT2D eigenvalue weighted by Gasteiger charge is 1.98. The molecule has 3 nitrogen and oxygen atoms in total. The number of fused-ring (bicyclic) bond motifs is 1. The number of ether oxygens (including phenoxy) is 1. The SMILES string of the molecule is C=C/C=C(\C=C/C)OCc1ccc2nccn2c1. The van der Waals surface area contributed by atoms with Crippen LogP contribution in [0.15, 0.2) is 67.4 Å². The van der Waals surface area contributed by atoms with Gasteiger partial charge in [0.2, 0.25) is 0 Å². The van der Waals surface area contributed by atoms with Gasteiger partial charge in [-0.3, -0.25) is 0 Å². The van der Waals surface area contributed by atoms with Crippen LogP contribution in [-0.4, -0.2) is 9.38 Å². The Bertz CT molecular complexity index is 593. The van der Waals surface area contributed by atoms with E-state index in [-0.39, 0.29) is 0 Å². The van der Waals surface area contributed by atoms with Crippen molar-refractivity contribution in [3.8, 4) is 0 Å². The molecule has 0 saturated carbocycles. The molecule has 0 aliphatic rings. The Kier molecular flexibility index (Phi) is 3.97. The number of rotatable bonds is 5. The van der Waals surface area contributed by atoms with E-state index in [0.717, 1.165) is 17.0 Å². The van der Waals surface area contributed by atoms with Crippen LogP contribution in [-0.2, 0) is 11.3 Å². The molecule has 0 aliphatic heterocycles. The monoisotopic (exact) mass is 240 g/mol. The Labute approximate surface area is 107 Å². The summed E-state index contributed by atoms with van der Waals surface area (Å²) in [6, 6.07) is 3.99. The van der Waals surface area contributed by atoms with Crippen molar-refractivity contribution in [2.75, 3.05) is 0 Å². The molecule has 0 fully saturated rings. The summed E-state index contributed by atoms with van der Waals surface area (Å²) in [6.45, 7) is 6.15. The molecule has 0 bridgehead atoms. The molecule has 18 heavy (non-hydrogen) atoms. The molecule has 2 heterocycles. The summed E-state index contributed by atoms with van der Waals surface area (Å²) in [7, 11) is 0. The van der Waals surface area contributed by atoms with E-state index in [2.05, 4.69) is 11.6 Å². The van der Waals surface area contributed by atoms with Gasteiger partial charge in [-0.2, -0.15) is 0 Å². The van der Waals surface area contributed by atoms with Crippen molar-refractivity contribution < 1.29 is 4.74 Å². The van der Waals surface area contributed by atoms with Crippen LogP contribution in [0.4, 0.5) is 0 Å². The summed E-state index contributed by atoms with van der Waals surface area (Å²) < 4.78 is 7.68. The normalized spacial score (nSPS) is 12.2. The summed E-state index contributed by atoms with van der Waals surface area (Å²) in [5, 5.41) is 0. The van der Waals surface area contributed by atoms with E-state index in [1.807, 2.05) is 54.1 Å². The minimum atomic E-state index is 0.526. The van der Waals surface area contributed by atoms with E-state index in [0.29, 0.717) is 6.61 Å². The van der Waals surface area contributed by atoms with Crippen molar-refractivity contribution in [3.05, 3.63) is 72.9 Å². The fourth-order valence-electron chi connectivity index (χ4n) is 1.65. The van der Waals surface area contributed by atoms with Crippen LogP contribution in [0.25, 0.3) is 5.65 Å². The van der Waals surface area contributed by atoms with Gasteiger partial charge < -0.3 is 9.14 Å². The number of allylic oxidation sites excluding steroid dienone is 4. The maximum absolute atomic E-state index is 5.70. The maximum Gasteiger partial charge on any atom is 0.136 e. The quantitative estimate of drug-likeness (QED) is 0.590. The summed E-state index contributed by atoms with van der Waals surface area (Å²) in [5.74, 6) is 0.804. The highest BCUT2D eigenvalue weighted by Crippen LogP contribution is 2.09. The first-order valence-electron chi connectivity index (χ1n) is 5.83. The van der Waals surface area contributed by atoms with Crippen molar-refractivity contribution in [3.63, 3.8) is 0 Å². The van der Waals surface area contributed by atoms with Gasteiger partial charge in [-0.1, -0.05) is 24.8 Å². The molecule has 0 aromatic carbocycles. The molecule has 3 heteroatoms. The van der Waals surface area contributed by atoms with Crippen molar-refractivity contribution in [2.24, 2.45) is 0 Å². The van der Waals surface area contributed by atoms with E-state index >= 15 is 0 Å². The van der Waals surface area contributed by atoms with Crippen LogP contribution in [0.3, 0.4) is 0 Å². The molecular formula is C15H16N2O. The predicted octanol–water partition coefficient (Wildman–Crippen LogP) is 3.50. The number of nitrogens with zero attached hydrogens (tertiary/aromatic N) is 2. The number of pyridine rings is 1. The standard InChI is InChI=1S/C15H16N2O/c1-3-5-14(6-4-2)18-12-13-7-8-15-16-9-10-17(15)11-13/h3-11H,1,12H2,2H3/b6-4-,14-5+. The third-order valence-electron chi connectivity index (χ3n) is 2.47. The van der Waals surface area contributed by atoms with Crippen molar-refractivity contribution in [2.45, 2.75) is 13.5 Å². The predicted molar refractivity (Wildman–Crippen MR) is 73.1 cm³/mol. The minimum absolute atomic E-state index is 0.526. The van der Waals surface area contributed by atoms with Gasteiger partial charge in [0.05, 0.1) is 0 Å². The molecule has 2 aromatic heterocycles. The molecule has 0 atom stereocenters. The van der Waals surface area contributed by atoms with Crippen molar-refractivity contribution in [1.82, 2.24) is 9.38 Å². The van der Waals surface area contributed by atoms with Crippen LogP contribution < -0.4 is 0 Å². The lowest BCUT2D eigenvalue weighted by Crippen LogP contribution is -1.94. The third kappa shape index (κ3) is 2.88. The van der Waals surface area contributed by atoms with Gasteiger partial charge in [-0.15, -0.1) is 0 Å². The van der Waals surface area contributed by atoms with E-state index in [9.17, 15) is 0 Å². The zero-order valence-electron chi connectivity index (χ0n) is 10.4. The first kappa shape index (κ1) is 12.2. The van der Waals surface area contributed by atoms with Crippen LogP contribution in [0.2, 0.25) is 0 Å². The molecule has 0 unspecified atom stereocenters. The van der Waals surface area contributed by atoms with Gasteiger partial charge in [-0.05, 0) is 25.1 Å². The van der Waals surface area contributed by atoms with Crippen LogP contribution in [0, 0.1) is 0 Å². The largest absolute Gasteiger partial charge is 0.489 e. The third-order valence-corrected chi connectivity index (χ3v) is 2.47. The molecule has 0 aliphatic carbocycles. The van der Waals surface area contributed by atoms with Crippen LogP contribution in [0.5, 0.6) is 0 Å². The number of imidazole rings is 1. The summed E-state index contributed by atoms with van der Waals surface area (Å²) in [6.07, 6.45) is 13.1. The van der Waals surface area contributed by atoms with E-state index in [1.165, 1.54) is 0 Å². The highest BCUT2D eigenvalue weighted by molar-refractivity contribution is 5.39. The van der Waals surface area contributed by atoms with Crippen molar-refractivity contribution >= 4 is 5.65 Å². The minimum Gasteiger partial charge on any atom is -0.489 e. The summed E-state index contributed by atoms with van der Waals surface area (Å²) in [5.41, 5.74) is 2.04. The van der Waals surface area contributed by atoms with Gasteiger partial charge in [0, 0.05) is 24.2 Å². The average molecular weight is 240 g/mol. The lowest BCUT2D eigenvalue weighted by Gasteiger charge is -2.07. The molecule has 0 N–H and O–H groups in total. The Morgan fingerprint density at radius 1 is 1.50 bits per heavy atom. The molecule has 2 aromatic rings. The van der Waals surface area contributed by atoms with E-state index in [1.54, 1.807) is 12.3 Å². The molecule has 2 rings (SSSR count). The molecule has 92 valence electrons. The molecular weight excluding hydrogens is 224 g/mol. The molecule has 0 amide bonds. The maximum atomic E-state index is 5.70. The summed E-state index contributed by atoms with van der Waals surface area (Å²) >= 11 is 0. The number of hydrogen-bond donors (Lipinski definition) is 0. The molecule has 0 saturated heterocycles. The first-order valence-corrected chi connectivity index (χ1v) is 5.83. The Morgan fingerprint density at radius 2 is 2.39 bits per heavy atom. The van der Waals surface area contributed by atoms with E-state index in [4.69, 9.17) is 4.74 Å². The topological polar surface area (TPSA) is 26.5 Å². The first-order chi connectivity index (χ1) is 8.83. The fourth-order valence-corrected chi connectivity index (χ4v) is 1.65. The number of hydrogen-bond acceptors (Lipinski definition) is 2. The van der Waals surface area contributed by atoms with Crippen LogP contribution in [0.1, 0.15) is 12.5 Å². The lowest BCUT2D eigenvalue weighted by atomic mass is 10.3. The van der Waals surface area contributed by atoms with Gasteiger partial charge in [0.25, 0.3) is 0 Å². The van der Waals surface area contributed by atoms with Gasteiger partial charge in [-0.25, -0.2) is 4.98 Å². The zero-order chi connectivity index (χ0) is 12.8. The van der Waals surface area contributed by atoms with Gasteiger partial charge in [0.15, 0.2) is 0 Å². The van der Waals surface area contributed by atoms with Gasteiger partial charge in [0.1, 0.15) is 18.0 Å². The zero-order valence-corrected chi connectivity index (χ0v) is 10.4. The average Bonchev–Trinajstić information content (AvgIpc) is 2.84. The van der Waals surface area contributed by atoms with Crippen molar-refractivity contribution in [1.29, 1.82) is 0 Å².